The maximum absolute atomic E-state index is 12.2. The van der Waals surface area contributed by atoms with E-state index in [0.29, 0.717) is 12.2 Å². The number of rotatable bonds is 4. The molecule has 1 amide bonds. The molecule has 0 aliphatic carbocycles. The highest BCUT2D eigenvalue weighted by molar-refractivity contribution is 5.98. The van der Waals surface area contributed by atoms with Crippen LogP contribution < -0.4 is 4.90 Å². The largest absolute Gasteiger partial charge is 0.378 e. The summed E-state index contributed by atoms with van der Waals surface area (Å²) in [6, 6.07) is 7.09. The number of ketones is 1. The van der Waals surface area contributed by atoms with Gasteiger partial charge in [-0.2, -0.15) is 0 Å². The molecule has 4 nitrogen and oxygen atoms in total. The molecular formula is C14H17NO3. The molecule has 1 aromatic rings. The van der Waals surface area contributed by atoms with Crippen LogP contribution in [-0.4, -0.2) is 32.0 Å². The summed E-state index contributed by atoms with van der Waals surface area (Å²) in [6.07, 6.45) is 1.69. The molecule has 1 saturated heterocycles. The number of Topliss-reactive ketones (excluding diaryl/α,β-unsaturated/α-hetero) is 1. The van der Waals surface area contributed by atoms with Gasteiger partial charge in [0, 0.05) is 24.2 Å². The van der Waals surface area contributed by atoms with E-state index >= 15 is 0 Å². The van der Waals surface area contributed by atoms with Gasteiger partial charge in [-0.05, 0) is 37.6 Å². The molecule has 2 unspecified atom stereocenters. The van der Waals surface area contributed by atoms with Crippen LogP contribution in [0.4, 0.5) is 5.69 Å². The van der Waals surface area contributed by atoms with Crippen LogP contribution in [0, 0.1) is 5.92 Å². The third-order valence-electron chi connectivity index (χ3n) is 3.29. The third-order valence-corrected chi connectivity index (χ3v) is 3.29. The lowest BCUT2D eigenvalue weighted by Crippen LogP contribution is -2.16. The minimum Gasteiger partial charge on any atom is -0.378 e. The normalized spacial score (nSPS) is 22.8. The summed E-state index contributed by atoms with van der Waals surface area (Å²) >= 11 is 0. The summed E-state index contributed by atoms with van der Waals surface area (Å²) in [6.45, 7) is 2.49. The van der Waals surface area contributed by atoms with Crippen molar-refractivity contribution < 1.29 is 14.3 Å². The molecule has 2 rings (SSSR count). The molecule has 96 valence electrons. The first-order chi connectivity index (χ1) is 8.61. The molecule has 4 heteroatoms. The Labute approximate surface area is 107 Å². The quantitative estimate of drug-likeness (QED) is 0.603. The van der Waals surface area contributed by atoms with Gasteiger partial charge in [-0.25, -0.2) is 0 Å². The lowest BCUT2D eigenvalue weighted by atomic mass is 9.95. The lowest BCUT2D eigenvalue weighted by molar-refractivity contribution is -0.107. The van der Waals surface area contributed by atoms with Crippen molar-refractivity contribution in [1.29, 1.82) is 0 Å². The Morgan fingerprint density at radius 2 is 2.06 bits per heavy atom. The zero-order valence-electron chi connectivity index (χ0n) is 10.6. The summed E-state index contributed by atoms with van der Waals surface area (Å²) in [7, 11) is 1.68. The van der Waals surface area contributed by atoms with Crippen LogP contribution in [0.2, 0.25) is 0 Å². The van der Waals surface area contributed by atoms with Gasteiger partial charge in [0.05, 0.1) is 12.7 Å². The van der Waals surface area contributed by atoms with Crippen LogP contribution in [-0.2, 0) is 9.53 Å². The SMILES string of the molecule is CC1CC(C(=O)c2ccc(N(C)C=O)cc2)CO1. The Kier molecular flexibility index (Phi) is 3.77. The molecule has 0 radical (unpaired) electrons. The molecule has 0 aromatic heterocycles. The van der Waals surface area contributed by atoms with Crippen LogP contribution in [0.15, 0.2) is 24.3 Å². The fourth-order valence-electron chi connectivity index (χ4n) is 2.16. The van der Waals surface area contributed by atoms with Crippen LogP contribution >= 0.6 is 0 Å². The zero-order chi connectivity index (χ0) is 13.1. The van der Waals surface area contributed by atoms with E-state index in [4.69, 9.17) is 4.74 Å². The fraction of sp³-hybridized carbons (Fsp3) is 0.429. The molecule has 0 bridgehead atoms. The van der Waals surface area contributed by atoms with Crippen molar-refractivity contribution in [3.05, 3.63) is 29.8 Å². The topological polar surface area (TPSA) is 46.6 Å². The van der Waals surface area contributed by atoms with Gasteiger partial charge >= 0.3 is 0 Å². The maximum atomic E-state index is 12.2. The number of nitrogens with zero attached hydrogens (tertiary/aromatic N) is 1. The molecule has 0 saturated carbocycles. The Balaban J connectivity index is 2.09. The Morgan fingerprint density at radius 1 is 1.39 bits per heavy atom. The first-order valence-electron chi connectivity index (χ1n) is 6.06. The molecule has 1 fully saturated rings. The van der Waals surface area contributed by atoms with Crippen molar-refractivity contribution in [3.63, 3.8) is 0 Å². The highest BCUT2D eigenvalue weighted by Gasteiger charge is 2.28. The van der Waals surface area contributed by atoms with Gasteiger partial charge in [0.25, 0.3) is 0 Å². The molecule has 2 atom stereocenters. The predicted molar refractivity (Wildman–Crippen MR) is 68.8 cm³/mol. The highest BCUT2D eigenvalue weighted by Crippen LogP contribution is 2.24. The van der Waals surface area contributed by atoms with Crippen molar-refractivity contribution in [1.82, 2.24) is 0 Å². The Morgan fingerprint density at radius 3 is 2.56 bits per heavy atom. The second-order valence-electron chi connectivity index (χ2n) is 4.70. The Hall–Kier alpha value is -1.68. The molecule has 0 spiro atoms. The van der Waals surface area contributed by atoms with Crippen molar-refractivity contribution in [3.8, 4) is 0 Å². The number of hydrogen-bond acceptors (Lipinski definition) is 3. The number of hydrogen-bond donors (Lipinski definition) is 0. The van der Waals surface area contributed by atoms with E-state index in [1.165, 1.54) is 4.90 Å². The highest BCUT2D eigenvalue weighted by atomic mass is 16.5. The van der Waals surface area contributed by atoms with E-state index in [9.17, 15) is 9.59 Å². The first-order valence-corrected chi connectivity index (χ1v) is 6.06. The predicted octanol–water partition coefficient (Wildman–Crippen LogP) is 1.89. The van der Waals surface area contributed by atoms with Crippen molar-refractivity contribution in [2.75, 3.05) is 18.6 Å². The van der Waals surface area contributed by atoms with Gasteiger partial charge in [0.15, 0.2) is 5.78 Å². The lowest BCUT2D eigenvalue weighted by Gasteiger charge is -2.12. The standard InChI is InChI=1S/C14H17NO3/c1-10-7-12(8-18-10)14(17)11-3-5-13(6-4-11)15(2)9-16/h3-6,9-10,12H,7-8H2,1-2H3. The average molecular weight is 247 g/mol. The number of carbonyl (C=O) groups excluding carboxylic acids is 2. The summed E-state index contributed by atoms with van der Waals surface area (Å²) in [4.78, 5) is 24.3. The van der Waals surface area contributed by atoms with Crippen molar-refractivity contribution in [2.24, 2.45) is 5.92 Å². The van der Waals surface area contributed by atoms with Crippen molar-refractivity contribution in [2.45, 2.75) is 19.4 Å². The Bertz CT molecular complexity index is 441. The third kappa shape index (κ3) is 2.59. The number of ether oxygens (including phenoxy) is 1. The second-order valence-corrected chi connectivity index (χ2v) is 4.70. The minimum atomic E-state index is -0.0327. The summed E-state index contributed by atoms with van der Waals surface area (Å²) in [5.74, 6) is 0.0920. The molecule has 1 aromatic carbocycles. The van der Waals surface area contributed by atoms with E-state index in [-0.39, 0.29) is 17.8 Å². The molecule has 1 heterocycles. The van der Waals surface area contributed by atoms with Crippen LogP contribution in [0.3, 0.4) is 0 Å². The van der Waals surface area contributed by atoms with Gasteiger partial charge in [0.2, 0.25) is 6.41 Å². The molecule has 1 aliphatic rings. The zero-order valence-corrected chi connectivity index (χ0v) is 10.6. The van der Waals surface area contributed by atoms with Gasteiger partial charge in [-0.1, -0.05) is 0 Å². The first kappa shape index (κ1) is 12.8. The van der Waals surface area contributed by atoms with Crippen LogP contribution in [0.25, 0.3) is 0 Å². The van der Waals surface area contributed by atoms with Gasteiger partial charge < -0.3 is 9.64 Å². The van der Waals surface area contributed by atoms with E-state index in [1.54, 1.807) is 31.3 Å². The number of carbonyl (C=O) groups is 2. The molecule has 0 N–H and O–H groups in total. The fourth-order valence-corrected chi connectivity index (χ4v) is 2.16. The summed E-state index contributed by atoms with van der Waals surface area (Å²) < 4.78 is 5.41. The maximum Gasteiger partial charge on any atom is 0.213 e. The molecule has 18 heavy (non-hydrogen) atoms. The number of amides is 1. The van der Waals surface area contributed by atoms with Gasteiger partial charge in [-0.15, -0.1) is 0 Å². The molecule has 1 aliphatic heterocycles. The number of anilines is 1. The average Bonchev–Trinajstić information content (AvgIpc) is 2.84. The van der Waals surface area contributed by atoms with Crippen molar-refractivity contribution >= 4 is 17.9 Å². The second kappa shape index (κ2) is 5.31. The monoisotopic (exact) mass is 247 g/mol. The smallest absolute Gasteiger partial charge is 0.213 e. The van der Waals surface area contributed by atoms with E-state index in [2.05, 4.69) is 0 Å². The minimum absolute atomic E-state index is 0.0327. The van der Waals surface area contributed by atoms with Gasteiger partial charge in [0.1, 0.15) is 0 Å². The van der Waals surface area contributed by atoms with E-state index in [1.807, 2.05) is 6.92 Å². The van der Waals surface area contributed by atoms with Crippen LogP contribution in [0.1, 0.15) is 23.7 Å². The van der Waals surface area contributed by atoms with E-state index in [0.717, 1.165) is 18.5 Å². The van der Waals surface area contributed by atoms with Gasteiger partial charge in [-0.3, -0.25) is 9.59 Å². The molecular weight excluding hydrogens is 230 g/mol. The summed E-state index contributed by atoms with van der Waals surface area (Å²) in [5.41, 5.74) is 1.46. The summed E-state index contributed by atoms with van der Waals surface area (Å²) in [5, 5.41) is 0. The number of benzene rings is 1. The van der Waals surface area contributed by atoms with E-state index < -0.39 is 0 Å². The van der Waals surface area contributed by atoms with Crippen LogP contribution in [0.5, 0.6) is 0 Å².